The van der Waals surface area contributed by atoms with Gasteiger partial charge in [-0.05, 0) is 18.2 Å². The van der Waals surface area contributed by atoms with E-state index in [0.29, 0.717) is 16.4 Å². The standard InChI is InChI=1S/C10H9F2NO4S2/c11-6-1-2-7(12)9(3-6)19(16,17)13-5-18-4-8(13)10(14)15/h1-3,8H,4-5H2,(H,14,15). The molecule has 0 spiro atoms. The number of halogens is 2. The summed E-state index contributed by atoms with van der Waals surface area (Å²) in [5.41, 5.74) is 0. The molecule has 0 aromatic heterocycles. The lowest BCUT2D eigenvalue weighted by molar-refractivity contribution is -0.140. The predicted molar refractivity (Wildman–Crippen MR) is 64.1 cm³/mol. The van der Waals surface area contributed by atoms with E-state index in [9.17, 15) is 22.0 Å². The Morgan fingerprint density at radius 1 is 1.42 bits per heavy atom. The minimum atomic E-state index is -4.37. The van der Waals surface area contributed by atoms with Crippen molar-refractivity contribution in [2.45, 2.75) is 10.9 Å². The van der Waals surface area contributed by atoms with Crippen molar-refractivity contribution in [3.8, 4) is 0 Å². The highest BCUT2D eigenvalue weighted by Gasteiger charge is 2.41. The number of thioether (sulfide) groups is 1. The number of carboxylic acid groups (broad SMARTS) is 1. The predicted octanol–water partition coefficient (Wildman–Crippen LogP) is 1.11. The van der Waals surface area contributed by atoms with Crippen LogP contribution < -0.4 is 0 Å². The molecule has 1 aliphatic rings. The number of carbonyl (C=O) groups is 1. The zero-order valence-electron chi connectivity index (χ0n) is 9.42. The minimum Gasteiger partial charge on any atom is -0.480 e. The number of sulfonamides is 1. The molecule has 0 amide bonds. The van der Waals surface area contributed by atoms with E-state index in [1.165, 1.54) is 0 Å². The van der Waals surface area contributed by atoms with Gasteiger partial charge in [0.2, 0.25) is 10.0 Å². The van der Waals surface area contributed by atoms with Crippen LogP contribution in [0.5, 0.6) is 0 Å². The lowest BCUT2D eigenvalue weighted by atomic mass is 10.3. The Kier molecular flexibility index (Phi) is 3.79. The normalized spacial score (nSPS) is 20.6. The molecule has 1 heterocycles. The molecule has 0 radical (unpaired) electrons. The zero-order valence-corrected chi connectivity index (χ0v) is 11.0. The quantitative estimate of drug-likeness (QED) is 0.905. The number of carboxylic acids is 1. The Hall–Kier alpha value is -1.19. The van der Waals surface area contributed by atoms with Crippen LogP contribution in [0.2, 0.25) is 0 Å². The molecule has 19 heavy (non-hydrogen) atoms. The zero-order chi connectivity index (χ0) is 14.2. The highest BCUT2D eigenvalue weighted by atomic mass is 32.2. The van der Waals surface area contributed by atoms with E-state index in [1.807, 2.05) is 0 Å². The van der Waals surface area contributed by atoms with E-state index in [0.717, 1.165) is 17.8 Å². The van der Waals surface area contributed by atoms with Crippen molar-refractivity contribution in [1.82, 2.24) is 4.31 Å². The molecule has 1 N–H and O–H groups in total. The summed E-state index contributed by atoms with van der Waals surface area (Å²) in [4.78, 5) is 10.1. The van der Waals surface area contributed by atoms with E-state index < -0.39 is 38.6 Å². The van der Waals surface area contributed by atoms with Gasteiger partial charge < -0.3 is 5.11 Å². The van der Waals surface area contributed by atoms with E-state index in [4.69, 9.17) is 5.11 Å². The van der Waals surface area contributed by atoms with Crippen LogP contribution in [0.15, 0.2) is 23.1 Å². The van der Waals surface area contributed by atoms with Crippen molar-refractivity contribution >= 4 is 27.8 Å². The maximum absolute atomic E-state index is 13.5. The summed E-state index contributed by atoms with van der Waals surface area (Å²) in [6, 6.07) is 0.771. The van der Waals surface area contributed by atoms with Crippen molar-refractivity contribution in [1.29, 1.82) is 0 Å². The molecular weight excluding hydrogens is 300 g/mol. The molecule has 1 aliphatic heterocycles. The van der Waals surface area contributed by atoms with Crippen LogP contribution in [-0.4, -0.2) is 41.5 Å². The largest absolute Gasteiger partial charge is 0.480 e. The van der Waals surface area contributed by atoms with Gasteiger partial charge in [0.05, 0.1) is 5.88 Å². The highest BCUT2D eigenvalue weighted by molar-refractivity contribution is 8.00. The van der Waals surface area contributed by atoms with E-state index >= 15 is 0 Å². The van der Waals surface area contributed by atoms with Gasteiger partial charge in [0.15, 0.2) is 0 Å². The van der Waals surface area contributed by atoms with Gasteiger partial charge in [-0.25, -0.2) is 17.2 Å². The smallest absolute Gasteiger partial charge is 0.322 e. The first-order valence-electron chi connectivity index (χ1n) is 5.11. The molecular formula is C10H9F2NO4S2. The van der Waals surface area contributed by atoms with Gasteiger partial charge >= 0.3 is 5.97 Å². The summed E-state index contributed by atoms with van der Waals surface area (Å²) in [6.45, 7) is 0. The summed E-state index contributed by atoms with van der Waals surface area (Å²) >= 11 is 1.10. The average molecular weight is 309 g/mol. The van der Waals surface area contributed by atoms with Crippen LogP contribution in [-0.2, 0) is 14.8 Å². The number of hydrogen-bond acceptors (Lipinski definition) is 4. The number of rotatable bonds is 3. The first-order valence-corrected chi connectivity index (χ1v) is 7.71. The van der Waals surface area contributed by atoms with Gasteiger partial charge in [0.1, 0.15) is 22.6 Å². The molecule has 1 atom stereocenters. The maximum Gasteiger partial charge on any atom is 0.322 e. The Morgan fingerprint density at radius 3 is 2.74 bits per heavy atom. The molecule has 2 rings (SSSR count). The van der Waals surface area contributed by atoms with Gasteiger partial charge in [-0.15, -0.1) is 11.8 Å². The third-order valence-corrected chi connectivity index (χ3v) is 5.65. The van der Waals surface area contributed by atoms with E-state index in [-0.39, 0.29) is 11.6 Å². The van der Waals surface area contributed by atoms with Crippen LogP contribution >= 0.6 is 11.8 Å². The first-order chi connectivity index (χ1) is 8.84. The van der Waals surface area contributed by atoms with Crippen molar-refractivity contribution < 1.29 is 27.1 Å². The summed E-state index contributed by atoms with van der Waals surface area (Å²) in [7, 11) is -4.37. The topological polar surface area (TPSA) is 74.7 Å². The Morgan fingerprint density at radius 2 is 2.11 bits per heavy atom. The Balaban J connectivity index is 2.48. The van der Waals surface area contributed by atoms with Gasteiger partial charge in [-0.3, -0.25) is 4.79 Å². The van der Waals surface area contributed by atoms with E-state index in [1.54, 1.807) is 0 Å². The molecule has 1 aromatic carbocycles. The van der Waals surface area contributed by atoms with E-state index in [2.05, 4.69) is 0 Å². The van der Waals surface area contributed by atoms with Gasteiger partial charge in [-0.2, -0.15) is 4.31 Å². The molecule has 0 saturated carbocycles. The highest BCUT2D eigenvalue weighted by Crippen LogP contribution is 2.29. The van der Waals surface area contributed by atoms with Gasteiger partial charge in [0.25, 0.3) is 0 Å². The molecule has 5 nitrogen and oxygen atoms in total. The lowest BCUT2D eigenvalue weighted by Gasteiger charge is -2.20. The lowest BCUT2D eigenvalue weighted by Crippen LogP contribution is -2.41. The summed E-state index contributed by atoms with van der Waals surface area (Å²) in [5.74, 6) is -3.35. The second-order valence-corrected chi connectivity index (χ2v) is 6.68. The molecule has 1 saturated heterocycles. The second-order valence-electron chi connectivity index (χ2n) is 3.82. The molecule has 0 bridgehead atoms. The summed E-state index contributed by atoms with van der Waals surface area (Å²) in [6.07, 6.45) is 0. The van der Waals surface area contributed by atoms with Crippen LogP contribution in [0.25, 0.3) is 0 Å². The first kappa shape index (κ1) is 14.2. The molecule has 1 unspecified atom stereocenters. The third-order valence-electron chi connectivity index (χ3n) is 2.61. The molecule has 1 fully saturated rings. The summed E-state index contributed by atoms with van der Waals surface area (Å²) < 4.78 is 51.6. The average Bonchev–Trinajstić information content (AvgIpc) is 2.82. The fraction of sp³-hybridized carbons (Fsp3) is 0.300. The van der Waals surface area contributed by atoms with Gasteiger partial charge in [0, 0.05) is 5.75 Å². The molecule has 104 valence electrons. The minimum absolute atomic E-state index is 0.0749. The van der Waals surface area contributed by atoms with Crippen LogP contribution in [0.3, 0.4) is 0 Å². The van der Waals surface area contributed by atoms with Crippen molar-refractivity contribution in [2.24, 2.45) is 0 Å². The van der Waals surface area contributed by atoms with Crippen LogP contribution in [0, 0.1) is 11.6 Å². The SMILES string of the molecule is O=C(O)C1CSCN1S(=O)(=O)c1cc(F)ccc1F. The number of aliphatic carboxylic acids is 1. The number of benzene rings is 1. The Bertz CT molecular complexity index is 620. The van der Waals surface area contributed by atoms with Crippen molar-refractivity contribution in [2.75, 3.05) is 11.6 Å². The van der Waals surface area contributed by atoms with Crippen molar-refractivity contribution in [3.05, 3.63) is 29.8 Å². The van der Waals surface area contributed by atoms with Crippen LogP contribution in [0.4, 0.5) is 8.78 Å². The fourth-order valence-electron chi connectivity index (χ4n) is 1.66. The van der Waals surface area contributed by atoms with Crippen molar-refractivity contribution in [3.63, 3.8) is 0 Å². The monoisotopic (exact) mass is 309 g/mol. The molecule has 9 heteroatoms. The molecule has 1 aromatic rings. The third kappa shape index (κ3) is 2.58. The Labute approximate surface area is 112 Å². The molecule has 0 aliphatic carbocycles. The van der Waals surface area contributed by atoms with Gasteiger partial charge in [-0.1, -0.05) is 0 Å². The summed E-state index contributed by atoms with van der Waals surface area (Å²) in [5, 5.41) is 8.93. The number of nitrogens with zero attached hydrogens (tertiary/aromatic N) is 1. The fourth-order valence-corrected chi connectivity index (χ4v) is 4.87. The second kappa shape index (κ2) is 5.06. The number of hydrogen-bond donors (Lipinski definition) is 1. The maximum atomic E-state index is 13.5. The van der Waals surface area contributed by atoms with Crippen LogP contribution in [0.1, 0.15) is 0 Å².